The van der Waals surface area contributed by atoms with E-state index in [1.165, 1.54) is 16.7 Å². The second-order valence-corrected chi connectivity index (χ2v) is 4.49. The number of rotatable bonds is 5. The Balaban J connectivity index is 1.82. The fourth-order valence-electron chi connectivity index (χ4n) is 1.88. The molecular weight excluding hydrogens is 218 g/mol. The van der Waals surface area contributed by atoms with Gasteiger partial charge in [0.05, 0.1) is 0 Å². The third kappa shape index (κ3) is 4.19. The van der Waals surface area contributed by atoms with Crippen LogP contribution in [-0.2, 0) is 6.54 Å². The molecule has 1 N–H and O–H groups in total. The zero-order chi connectivity index (χ0) is 12.6. The predicted octanol–water partition coefficient (Wildman–Crippen LogP) is 3.88. The van der Waals surface area contributed by atoms with Crippen molar-refractivity contribution in [1.82, 2.24) is 5.32 Å². The van der Waals surface area contributed by atoms with Gasteiger partial charge in [-0.1, -0.05) is 72.3 Å². The van der Waals surface area contributed by atoms with E-state index in [4.69, 9.17) is 0 Å². The first-order chi connectivity index (χ1) is 8.84. The van der Waals surface area contributed by atoms with Gasteiger partial charge in [0, 0.05) is 13.1 Å². The summed E-state index contributed by atoms with van der Waals surface area (Å²) in [6, 6.07) is 20.9. The highest BCUT2D eigenvalue weighted by Crippen LogP contribution is 2.05. The molecular formula is C17H19N. The number of hydrogen-bond donors (Lipinski definition) is 1. The van der Waals surface area contributed by atoms with E-state index in [9.17, 15) is 0 Å². The Bertz CT molecular complexity index is 486. The fourth-order valence-corrected chi connectivity index (χ4v) is 1.88. The molecule has 0 fully saturated rings. The van der Waals surface area contributed by atoms with Gasteiger partial charge < -0.3 is 5.32 Å². The molecule has 18 heavy (non-hydrogen) atoms. The van der Waals surface area contributed by atoms with Crippen molar-refractivity contribution in [1.29, 1.82) is 0 Å². The molecule has 1 heteroatoms. The summed E-state index contributed by atoms with van der Waals surface area (Å²) in [5, 5.41) is 3.45. The summed E-state index contributed by atoms with van der Waals surface area (Å²) in [6.45, 7) is 4.00. The molecule has 0 saturated carbocycles. The molecule has 0 unspecified atom stereocenters. The lowest BCUT2D eigenvalue weighted by atomic mass is 10.1. The lowest BCUT2D eigenvalue weighted by Crippen LogP contribution is -2.15. The van der Waals surface area contributed by atoms with Crippen molar-refractivity contribution in [3.63, 3.8) is 0 Å². The van der Waals surface area contributed by atoms with Crippen molar-refractivity contribution in [2.75, 3.05) is 6.54 Å². The molecule has 0 aliphatic rings. The summed E-state index contributed by atoms with van der Waals surface area (Å²) >= 11 is 0. The molecule has 0 aliphatic carbocycles. The third-order valence-corrected chi connectivity index (χ3v) is 2.79. The Morgan fingerprint density at radius 2 is 1.56 bits per heavy atom. The summed E-state index contributed by atoms with van der Waals surface area (Å²) in [6.07, 6.45) is 2.22. The second kappa shape index (κ2) is 6.77. The standard InChI is InChI=1S/C17H19N/c1-15(12-16-8-4-2-5-9-16)13-18-14-17-10-6-3-7-11-17/h2-12,18H,13-14H2,1H3/b15-12+. The Kier molecular flexibility index (Phi) is 4.74. The highest BCUT2D eigenvalue weighted by atomic mass is 14.8. The molecule has 0 aliphatic heterocycles. The van der Waals surface area contributed by atoms with Gasteiger partial charge >= 0.3 is 0 Å². The first kappa shape index (κ1) is 12.6. The minimum Gasteiger partial charge on any atom is -0.309 e. The predicted molar refractivity (Wildman–Crippen MR) is 78.2 cm³/mol. The van der Waals surface area contributed by atoms with Gasteiger partial charge in [0.15, 0.2) is 0 Å². The van der Waals surface area contributed by atoms with Gasteiger partial charge in [-0.3, -0.25) is 0 Å². The molecule has 0 amide bonds. The number of benzene rings is 2. The van der Waals surface area contributed by atoms with Gasteiger partial charge in [0.2, 0.25) is 0 Å². The van der Waals surface area contributed by atoms with Crippen molar-refractivity contribution in [2.24, 2.45) is 0 Å². The van der Waals surface area contributed by atoms with Crippen molar-refractivity contribution in [3.05, 3.63) is 77.4 Å². The molecule has 2 aromatic rings. The normalized spacial score (nSPS) is 11.5. The van der Waals surface area contributed by atoms with Crippen LogP contribution in [0.25, 0.3) is 6.08 Å². The second-order valence-electron chi connectivity index (χ2n) is 4.49. The largest absolute Gasteiger partial charge is 0.309 e. The fraction of sp³-hybridized carbons (Fsp3) is 0.176. The summed E-state index contributed by atoms with van der Waals surface area (Å²) in [7, 11) is 0. The molecule has 92 valence electrons. The van der Waals surface area contributed by atoms with Crippen LogP contribution in [0.15, 0.2) is 66.2 Å². The molecule has 0 spiro atoms. The van der Waals surface area contributed by atoms with E-state index in [1.54, 1.807) is 0 Å². The molecule has 0 heterocycles. The zero-order valence-corrected chi connectivity index (χ0v) is 10.8. The van der Waals surface area contributed by atoms with Gasteiger partial charge in [0.25, 0.3) is 0 Å². The highest BCUT2D eigenvalue weighted by Gasteiger charge is 1.93. The Labute approximate surface area is 109 Å². The maximum Gasteiger partial charge on any atom is 0.0208 e. The Hall–Kier alpha value is -1.86. The van der Waals surface area contributed by atoms with Crippen LogP contribution >= 0.6 is 0 Å². The summed E-state index contributed by atoms with van der Waals surface area (Å²) in [5.74, 6) is 0. The van der Waals surface area contributed by atoms with E-state index in [0.717, 1.165) is 13.1 Å². The van der Waals surface area contributed by atoms with Crippen LogP contribution in [0.3, 0.4) is 0 Å². The smallest absolute Gasteiger partial charge is 0.0208 e. The lowest BCUT2D eigenvalue weighted by molar-refractivity contribution is 0.742. The van der Waals surface area contributed by atoms with E-state index in [0.29, 0.717) is 0 Å². The van der Waals surface area contributed by atoms with E-state index in [1.807, 2.05) is 12.1 Å². The molecule has 2 aromatic carbocycles. The summed E-state index contributed by atoms with van der Waals surface area (Å²) < 4.78 is 0. The van der Waals surface area contributed by atoms with Gasteiger partial charge in [-0.2, -0.15) is 0 Å². The van der Waals surface area contributed by atoms with Crippen LogP contribution in [0.1, 0.15) is 18.1 Å². The van der Waals surface area contributed by atoms with Crippen LogP contribution in [0.4, 0.5) is 0 Å². The molecule has 0 bridgehead atoms. The van der Waals surface area contributed by atoms with Crippen LogP contribution in [0, 0.1) is 0 Å². The molecule has 0 aromatic heterocycles. The van der Waals surface area contributed by atoms with Crippen molar-refractivity contribution in [2.45, 2.75) is 13.5 Å². The van der Waals surface area contributed by atoms with Crippen LogP contribution < -0.4 is 5.32 Å². The minimum absolute atomic E-state index is 0.917. The van der Waals surface area contributed by atoms with E-state index in [-0.39, 0.29) is 0 Å². The first-order valence-corrected chi connectivity index (χ1v) is 6.31. The van der Waals surface area contributed by atoms with E-state index >= 15 is 0 Å². The maximum absolute atomic E-state index is 3.45. The van der Waals surface area contributed by atoms with Crippen LogP contribution in [0.2, 0.25) is 0 Å². The average molecular weight is 237 g/mol. The minimum atomic E-state index is 0.917. The molecule has 0 saturated heterocycles. The third-order valence-electron chi connectivity index (χ3n) is 2.79. The molecule has 2 rings (SSSR count). The Morgan fingerprint density at radius 1 is 0.944 bits per heavy atom. The van der Waals surface area contributed by atoms with Gasteiger partial charge in [-0.05, 0) is 18.1 Å². The summed E-state index contributed by atoms with van der Waals surface area (Å²) in [4.78, 5) is 0. The average Bonchev–Trinajstić information content (AvgIpc) is 2.41. The number of hydrogen-bond acceptors (Lipinski definition) is 1. The van der Waals surface area contributed by atoms with Crippen molar-refractivity contribution in [3.8, 4) is 0 Å². The van der Waals surface area contributed by atoms with Gasteiger partial charge in [-0.15, -0.1) is 0 Å². The topological polar surface area (TPSA) is 12.0 Å². The Morgan fingerprint density at radius 3 is 2.22 bits per heavy atom. The van der Waals surface area contributed by atoms with Gasteiger partial charge in [0.1, 0.15) is 0 Å². The highest BCUT2D eigenvalue weighted by molar-refractivity contribution is 5.52. The first-order valence-electron chi connectivity index (χ1n) is 6.31. The number of nitrogens with one attached hydrogen (secondary N) is 1. The maximum atomic E-state index is 3.45. The van der Waals surface area contributed by atoms with Crippen LogP contribution in [0.5, 0.6) is 0 Å². The SMILES string of the molecule is C/C(=C\c1ccccc1)CNCc1ccccc1. The molecule has 0 radical (unpaired) electrons. The lowest BCUT2D eigenvalue weighted by Gasteiger charge is -2.05. The van der Waals surface area contributed by atoms with Crippen molar-refractivity contribution < 1.29 is 0 Å². The zero-order valence-electron chi connectivity index (χ0n) is 10.8. The quantitative estimate of drug-likeness (QED) is 0.832. The molecule has 1 nitrogen and oxygen atoms in total. The molecule has 0 atom stereocenters. The summed E-state index contributed by atoms with van der Waals surface area (Å²) in [5.41, 5.74) is 3.93. The van der Waals surface area contributed by atoms with Crippen LogP contribution in [-0.4, -0.2) is 6.54 Å². The van der Waals surface area contributed by atoms with Gasteiger partial charge in [-0.25, -0.2) is 0 Å². The van der Waals surface area contributed by atoms with Crippen molar-refractivity contribution >= 4 is 6.08 Å². The van der Waals surface area contributed by atoms with E-state index in [2.05, 4.69) is 66.8 Å². The van der Waals surface area contributed by atoms with E-state index < -0.39 is 0 Å². The monoisotopic (exact) mass is 237 g/mol.